The van der Waals surface area contributed by atoms with Gasteiger partial charge >= 0.3 is 0 Å². The van der Waals surface area contributed by atoms with E-state index in [1.807, 2.05) is 0 Å². The van der Waals surface area contributed by atoms with Crippen LogP contribution >= 0.6 is 23.1 Å². The van der Waals surface area contributed by atoms with Gasteiger partial charge in [-0.1, -0.05) is 36.9 Å². The van der Waals surface area contributed by atoms with Crippen molar-refractivity contribution in [1.82, 2.24) is 10.2 Å². The molecule has 1 aromatic heterocycles. The molecule has 0 aliphatic heterocycles. The van der Waals surface area contributed by atoms with Gasteiger partial charge in [-0.25, -0.2) is 8.42 Å². The monoisotopic (exact) mass is 460 g/mol. The Balaban J connectivity index is 2.14. The predicted molar refractivity (Wildman–Crippen MR) is 116 cm³/mol. The standard InChI is InChI=1S/C17H24N4O5S3/c1-11(2)10-27-17-20-19-16(28-17)18-15(22)9-21(29(5,23)24)12-6-7-13(25-3)14(8-12)26-4/h6-8,11H,9-10H2,1-5H3,(H,18,19,22). The Labute approximate surface area is 178 Å². The number of nitrogens with zero attached hydrogens (tertiary/aromatic N) is 3. The molecule has 0 aliphatic rings. The molecular formula is C17H24N4O5S3. The number of hydrogen-bond donors (Lipinski definition) is 1. The zero-order valence-electron chi connectivity index (χ0n) is 16.8. The van der Waals surface area contributed by atoms with E-state index in [0.717, 1.165) is 20.7 Å². The normalized spacial score (nSPS) is 11.4. The quantitative estimate of drug-likeness (QED) is 0.426. The van der Waals surface area contributed by atoms with E-state index < -0.39 is 22.5 Å². The largest absolute Gasteiger partial charge is 0.493 e. The van der Waals surface area contributed by atoms with Crippen LogP contribution in [0.5, 0.6) is 11.5 Å². The second kappa shape index (κ2) is 10.1. The lowest BCUT2D eigenvalue weighted by molar-refractivity contribution is -0.114. The van der Waals surface area contributed by atoms with E-state index >= 15 is 0 Å². The summed E-state index contributed by atoms with van der Waals surface area (Å²) in [4.78, 5) is 12.5. The molecule has 1 amide bonds. The van der Waals surface area contributed by atoms with E-state index in [2.05, 4.69) is 29.4 Å². The fourth-order valence-electron chi connectivity index (χ4n) is 2.23. The first kappa shape index (κ1) is 23.2. The number of carbonyl (C=O) groups is 1. The molecule has 2 rings (SSSR count). The van der Waals surface area contributed by atoms with E-state index in [-0.39, 0.29) is 5.69 Å². The Morgan fingerprint density at radius 1 is 1.24 bits per heavy atom. The number of carbonyl (C=O) groups excluding carboxylic acids is 1. The number of ether oxygens (including phenoxy) is 2. The predicted octanol–water partition coefficient (Wildman–Crippen LogP) is 2.71. The maximum absolute atomic E-state index is 12.5. The molecule has 9 nitrogen and oxygen atoms in total. The van der Waals surface area contributed by atoms with Gasteiger partial charge in [-0.05, 0) is 18.1 Å². The summed E-state index contributed by atoms with van der Waals surface area (Å²) in [5.41, 5.74) is 0.283. The zero-order chi connectivity index (χ0) is 21.6. The van der Waals surface area contributed by atoms with Crippen LogP contribution in [0.15, 0.2) is 22.5 Å². The first-order chi connectivity index (χ1) is 13.6. The average molecular weight is 461 g/mol. The number of hydrogen-bond acceptors (Lipinski definition) is 9. The molecular weight excluding hydrogens is 436 g/mol. The number of anilines is 2. The first-order valence-corrected chi connectivity index (χ1v) is 12.2. The molecule has 12 heteroatoms. The van der Waals surface area contributed by atoms with Crippen molar-refractivity contribution in [1.29, 1.82) is 0 Å². The Hall–Kier alpha value is -2.05. The number of aromatic nitrogens is 2. The molecule has 1 N–H and O–H groups in total. The molecule has 0 unspecified atom stereocenters. The van der Waals surface area contributed by atoms with Crippen LogP contribution in [0.3, 0.4) is 0 Å². The van der Waals surface area contributed by atoms with E-state index in [1.54, 1.807) is 23.9 Å². The average Bonchev–Trinajstić information content (AvgIpc) is 3.10. The molecule has 0 radical (unpaired) electrons. The highest BCUT2D eigenvalue weighted by molar-refractivity contribution is 8.01. The summed E-state index contributed by atoms with van der Waals surface area (Å²) in [6, 6.07) is 4.62. The molecule has 0 spiro atoms. The lowest BCUT2D eigenvalue weighted by Gasteiger charge is -2.22. The molecule has 160 valence electrons. The minimum atomic E-state index is -3.72. The van der Waals surface area contributed by atoms with E-state index in [9.17, 15) is 13.2 Å². The SMILES string of the molecule is COc1ccc(N(CC(=O)Nc2nnc(SCC(C)C)s2)S(C)(=O)=O)cc1OC. The van der Waals surface area contributed by atoms with Crippen molar-refractivity contribution >= 4 is 49.8 Å². The van der Waals surface area contributed by atoms with E-state index in [4.69, 9.17) is 9.47 Å². The van der Waals surface area contributed by atoms with Gasteiger partial charge in [0.1, 0.15) is 6.54 Å². The van der Waals surface area contributed by atoms with Crippen molar-refractivity contribution in [2.24, 2.45) is 5.92 Å². The molecule has 1 heterocycles. The first-order valence-electron chi connectivity index (χ1n) is 8.60. The molecule has 29 heavy (non-hydrogen) atoms. The van der Waals surface area contributed by atoms with Crippen molar-refractivity contribution in [3.8, 4) is 11.5 Å². The van der Waals surface area contributed by atoms with Crippen molar-refractivity contribution in [3.63, 3.8) is 0 Å². The van der Waals surface area contributed by atoms with E-state index in [0.29, 0.717) is 22.5 Å². The number of thioether (sulfide) groups is 1. The summed E-state index contributed by atoms with van der Waals surface area (Å²) in [6.45, 7) is 3.79. The third-order valence-electron chi connectivity index (χ3n) is 3.54. The Kier molecular flexibility index (Phi) is 8.11. The van der Waals surface area contributed by atoms with Gasteiger partial charge in [0.05, 0.1) is 26.2 Å². The van der Waals surface area contributed by atoms with Crippen LogP contribution in [0.25, 0.3) is 0 Å². The second-order valence-corrected chi connectivity index (χ2v) is 10.6. The number of nitrogens with one attached hydrogen (secondary N) is 1. The smallest absolute Gasteiger partial charge is 0.246 e. The fraction of sp³-hybridized carbons (Fsp3) is 0.471. The maximum atomic E-state index is 12.5. The summed E-state index contributed by atoms with van der Waals surface area (Å²) in [7, 11) is -0.794. The maximum Gasteiger partial charge on any atom is 0.246 e. The number of benzene rings is 1. The number of amides is 1. The molecule has 0 atom stereocenters. The summed E-state index contributed by atoms with van der Waals surface area (Å²) in [5.74, 6) is 1.68. The lowest BCUT2D eigenvalue weighted by Crippen LogP contribution is -2.37. The minimum absolute atomic E-state index is 0.283. The highest BCUT2D eigenvalue weighted by Gasteiger charge is 2.23. The van der Waals surface area contributed by atoms with Gasteiger partial charge in [0.15, 0.2) is 15.8 Å². The van der Waals surface area contributed by atoms with Gasteiger partial charge in [-0.15, -0.1) is 10.2 Å². The van der Waals surface area contributed by atoms with Gasteiger partial charge in [0, 0.05) is 11.8 Å². The molecule has 0 aliphatic carbocycles. The van der Waals surface area contributed by atoms with Gasteiger partial charge in [-0.2, -0.15) is 0 Å². The summed E-state index contributed by atoms with van der Waals surface area (Å²) in [5, 5.41) is 10.9. The molecule has 0 saturated carbocycles. The Bertz CT molecular complexity index is 946. The third-order valence-corrected chi connectivity index (χ3v) is 7.08. The summed E-state index contributed by atoms with van der Waals surface area (Å²) in [6.07, 6.45) is 1.03. The topological polar surface area (TPSA) is 111 Å². The van der Waals surface area contributed by atoms with Crippen LogP contribution in [0, 0.1) is 5.92 Å². The molecule has 0 fully saturated rings. The highest BCUT2D eigenvalue weighted by Crippen LogP contribution is 2.32. The molecule has 0 bridgehead atoms. The zero-order valence-corrected chi connectivity index (χ0v) is 19.3. The van der Waals surface area contributed by atoms with Crippen LogP contribution in [0.1, 0.15) is 13.8 Å². The van der Waals surface area contributed by atoms with Gasteiger partial charge in [0.2, 0.25) is 21.1 Å². The van der Waals surface area contributed by atoms with Gasteiger partial charge in [-0.3, -0.25) is 14.4 Å². The summed E-state index contributed by atoms with van der Waals surface area (Å²) >= 11 is 2.81. The van der Waals surface area contributed by atoms with Gasteiger partial charge < -0.3 is 9.47 Å². The summed E-state index contributed by atoms with van der Waals surface area (Å²) < 4.78 is 36.7. The van der Waals surface area contributed by atoms with Crippen LogP contribution < -0.4 is 19.1 Å². The Morgan fingerprint density at radius 2 is 1.93 bits per heavy atom. The molecule has 1 aromatic carbocycles. The van der Waals surface area contributed by atoms with Crippen molar-refractivity contribution < 1.29 is 22.7 Å². The van der Waals surface area contributed by atoms with E-state index in [1.165, 1.54) is 31.6 Å². The third kappa shape index (κ3) is 6.75. The van der Waals surface area contributed by atoms with Crippen molar-refractivity contribution in [3.05, 3.63) is 18.2 Å². The van der Waals surface area contributed by atoms with Crippen molar-refractivity contribution in [2.75, 3.05) is 42.4 Å². The van der Waals surface area contributed by atoms with Crippen LogP contribution in [-0.4, -0.2) is 57.3 Å². The molecule has 2 aromatic rings. The number of methoxy groups -OCH3 is 2. The molecule has 0 saturated heterocycles. The minimum Gasteiger partial charge on any atom is -0.493 e. The Morgan fingerprint density at radius 3 is 2.52 bits per heavy atom. The fourth-order valence-corrected chi connectivity index (χ4v) is 4.82. The van der Waals surface area contributed by atoms with Crippen LogP contribution in [-0.2, 0) is 14.8 Å². The second-order valence-electron chi connectivity index (χ2n) is 6.44. The van der Waals surface area contributed by atoms with Gasteiger partial charge in [0.25, 0.3) is 0 Å². The van der Waals surface area contributed by atoms with Crippen LogP contribution in [0.2, 0.25) is 0 Å². The lowest BCUT2D eigenvalue weighted by atomic mass is 10.2. The highest BCUT2D eigenvalue weighted by atomic mass is 32.2. The van der Waals surface area contributed by atoms with Crippen LogP contribution in [0.4, 0.5) is 10.8 Å². The number of rotatable bonds is 10. The number of sulfonamides is 1. The van der Waals surface area contributed by atoms with Crippen molar-refractivity contribution in [2.45, 2.75) is 18.2 Å².